The van der Waals surface area contributed by atoms with Crippen LogP contribution in [0.5, 0.6) is 0 Å². The van der Waals surface area contributed by atoms with E-state index in [4.69, 9.17) is 0 Å². The van der Waals surface area contributed by atoms with Crippen molar-refractivity contribution in [3.05, 3.63) is 130 Å². The van der Waals surface area contributed by atoms with Crippen molar-refractivity contribution in [2.24, 2.45) is 0 Å². The maximum Gasteiger partial charge on any atom is 0.416 e. The van der Waals surface area contributed by atoms with Gasteiger partial charge < -0.3 is 0 Å². The Morgan fingerprint density at radius 2 is 1.50 bits per heavy atom. The first-order valence-electron chi connectivity index (χ1n) is 12.4. The van der Waals surface area contributed by atoms with E-state index in [0.717, 1.165) is 55.9 Å². The van der Waals surface area contributed by atoms with Crippen LogP contribution in [0.1, 0.15) is 57.2 Å². The molecule has 0 spiro atoms. The summed E-state index contributed by atoms with van der Waals surface area (Å²) in [5, 5.41) is 13.5. The molecule has 0 fully saturated rings. The molecule has 186 valence electrons. The average molecular weight is 506 g/mol. The highest BCUT2D eigenvalue weighted by Crippen LogP contribution is 2.48. The molecular weight excluding hydrogens is 483 g/mol. The van der Waals surface area contributed by atoms with Gasteiger partial charge in [-0.15, -0.1) is 0 Å². The van der Waals surface area contributed by atoms with Gasteiger partial charge in [0.25, 0.3) is 0 Å². The number of aryl methyl sites for hydroxylation is 1. The molecule has 0 saturated heterocycles. The smallest absolute Gasteiger partial charge is 0.299 e. The molecule has 2 unspecified atom stereocenters. The van der Waals surface area contributed by atoms with Gasteiger partial charge in [-0.25, -0.2) is 0 Å². The van der Waals surface area contributed by atoms with Crippen LogP contribution in [0.25, 0.3) is 21.5 Å². The summed E-state index contributed by atoms with van der Waals surface area (Å²) >= 11 is 0. The molecule has 5 aromatic carbocycles. The molecular formula is C33H22F3NO. The molecule has 2 nitrogen and oxygen atoms in total. The Hall–Kier alpha value is -4.43. The van der Waals surface area contributed by atoms with Gasteiger partial charge in [0.2, 0.25) is 0 Å². The number of ketones is 1. The predicted molar refractivity (Wildman–Crippen MR) is 142 cm³/mol. The fourth-order valence-electron chi connectivity index (χ4n) is 5.97. The molecule has 0 aliphatic heterocycles. The number of fused-ring (bicyclic) bond motifs is 5. The van der Waals surface area contributed by atoms with E-state index in [1.807, 2.05) is 36.4 Å². The number of hydrogen-bond acceptors (Lipinski definition) is 2. The molecule has 0 aromatic heterocycles. The molecule has 0 bridgehead atoms. The Morgan fingerprint density at radius 1 is 0.789 bits per heavy atom. The zero-order chi connectivity index (χ0) is 26.6. The van der Waals surface area contributed by atoms with E-state index < -0.39 is 17.7 Å². The molecule has 6 rings (SSSR count). The Kier molecular flexibility index (Phi) is 5.57. The van der Waals surface area contributed by atoms with Crippen molar-refractivity contribution >= 4 is 27.3 Å². The second-order valence-corrected chi connectivity index (χ2v) is 9.92. The number of nitrogens with zero attached hydrogens (tertiary/aromatic N) is 1. The average Bonchev–Trinajstić information content (AvgIpc) is 2.92. The van der Waals surface area contributed by atoms with Crippen LogP contribution in [0.4, 0.5) is 13.2 Å². The van der Waals surface area contributed by atoms with E-state index in [0.29, 0.717) is 11.1 Å². The Labute approximate surface area is 218 Å². The van der Waals surface area contributed by atoms with Crippen molar-refractivity contribution in [1.82, 2.24) is 0 Å². The first-order chi connectivity index (χ1) is 18.3. The summed E-state index contributed by atoms with van der Waals surface area (Å²) in [5.41, 5.74) is 3.80. The van der Waals surface area contributed by atoms with Crippen LogP contribution in [0.3, 0.4) is 0 Å². The third-order valence-corrected chi connectivity index (χ3v) is 7.70. The number of alkyl halides is 3. The number of hydrogen-bond donors (Lipinski definition) is 0. The van der Waals surface area contributed by atoms with E-state index >= 15 is 0 Å². The highest BCUT2D eigenvalue weighted by atomic mass is 19.4. The number of carbonyl (C=O) groups excluding carboxylic acids is 1. The van der Waals surface area contributed by atoms with Crippen LogP contribution in [0.15, 0.2) is 91.0 Å². The molecule has 0 N–H and O–H groups in total. The van der Waals surface area contributed by atoms with Crippen molar-refractivity contribution in [2.75, 3.05) is 0 Å². The number of carbonyl (C=O) groups is 1. The first-order valence-corrected chi connectivity index (χ1v) is 12.4. The largest absolute Gasteiger partial charge is 0.416 e. The van der Waals surface area contributed by atoms with Crippen molar-refractivity contribution < 1.29 is 18.0 Å². The summed E-state index contributed by atoms with van der Waals surface area (Å²) in [7, 11) is 0. The van der Waals surface area contributed by atoms with Gasteiger partial charge in [0, 0.05) is 12.3 Å². The zero-order valence-electron chi connectivity index (χ0n) is 20.5. The molecule has 0 amide bonds. The monoisotopic (exact) mass is 505 g/mol. The van der Waals surface area contributed by atoms with Gasteiger partial charge in [-0.2, -0.15) is 18.4 Å². The maximum atomic E-state index is 13.7. The Bertz CT molecular complexity index is 1780. The first kappa shape index (κ1) is 23.9. The number of nitriles is 1. The standard InChI is InChI=1S/C33H22F3NO/c1-19-15-29-26(25-8-3-2-7-24(19)25)13-14-27-31(22-5-4-6-23(16-22)33(34,35)36)30(38)17-28(32(27)29)21-11-9-20(18-37)10-12-21/h2-16,28,31H,17H2,1H3. The summed E-state index contributed by atoms with van der Waals surface area (Å²) in [6.45, 7) is 2.05. The zero-order valence-corrected chi connectivity index (χ0v) is 20.5. The van der Waals surface area contributed by atoms with E-state index in [9.17, 15) is 23.2 Å². The van der Waals surface area contributed by atoms with Crippen LogP contribution in [0.2, 0.25) is 0 Å². The van der Waals surface area contributed by atoms with Gasteiger partial charge in [0.15, 0.2) is 0 Å². The normalized spacial score (nSPS) is 17.4. The minimum Gasteiger partial charge on any atom is -0.299 e. The van der Waals surface area contributed by atoms with Crippen LogP contribution in [0, 0.1) is 18.3 Å². The van der Waals surface area contributed by atoms with Crippen LogP contribution >= 0.6 is 0 Å². The molecule has 1 aliphatic rings. The van der Waals surface area contributed by atoms with Crippen LogP contribution in [-0.4, -0.2) is 5.78 Å². The topological polar surface area (TPSA) is 40.9 Å². The summed E-state index contributed by atoms with van der Waals surface area (Å²) < 4.78 is 40.7. The fourth-order valence-corrected chi connectivity index (χ4v) is 5.97. The molecule has 38 heavy (non-hydrogen) atoms. The Balaban J connectivity index is 1.65. The molecule has 1 aliphatic carbocycles. The molecule has 0 radical (unpaired) electrons. The molecule has 5 aromatic rings. The molecule has 5 heteroatoms. The number of benzene rings is 5. The van der Waals surface area contributed by atoms with Gasteiger partial charge >= 0.3 is 6.18 Å². The van der Waals surface area contributed by atoms with Crippen molar-refractivity contribution in [2.45, 2.75) is 31.4 Å². The van der Waals surface area contributed by atoms with E-state index in [2.05, 4.69) is 31.2 Å². The SMILES string of the molecule is Cc1cc2c3c(ccc2c2ccccc12)C(c1cccc(C(F)(F)F)c1)C(=O)CC3c1ccc(C#N)cc1. The number of Topliss-reactive ketones (excluding diaryl/α,β-unsaturated/α-hetero) is 1. The fraction of sp³-hybridized carbons (Fsp3) is 0.152. The minimum absolute atomic E-state index is 0.122. The third kappa shape index (κ3) is 3.85. The minimum atomic E-state index is -4.50. The van der Waals surface area contributed by atoms with Gasteiger partial charge in [0.05, 0.1) is 23.1 Å². The summed E-state index contributed by atoms with van der Waals surface area (Å²) in [6.07, 6.45) is -4.34. The lowest BCUT2D eigenvalue weighted by Crippen LogP contribution is -2.26. The van der Waals surface area contributed by atoms with Gasteiger partial charge in [-0.1, -0.05) is 72.8 Å². The second kappa shape index (κ2) is 8.85. The number of rotatable bonds is 2. The van der Waals surface area contributed by atoms with Crippen molar-refractivity contribution in [1.29, 1.82) is 5.26 Å². The predicted octanol–water partition coefficient (Wildman–Crippen LogP) is 8.43. The molecule has 0 saturated carbocycles. The summed E-state index contributed by atoms with van der Waals surface area (Å²) in [4.78, 5) is 13.7. The van der Waals surface area contributed by atoms with Gasteiger partial charge in [-0.05, 0) is 74.5 Å². The summed E-state index contributed by atoms with van der Waals surface area (Å²) in [5.74, 6) is -1.20. The third-order valence-electron chi connectivity index (χ3n) is 7.70. The van der Waals surface area contributed by atoms with Crippen molar-refractivity contribution in [3.63, 3.8) is 0 Å². The van der Waals surface area contributed by atoms with Crippen molar-refractivity contribution in [3.8, 4) is 6.07 Å². The van der Waals surface area contributed by atoms with Gasteiger partial charge in [0.1, 0.15) is 5.78 Å². The highest BCUT2D eigenvalue weighted by molar-refractivity contribution is 6.11. The van der Waals surface area contributed by atoms with Crippen LogP contribution in [-0.2, 0) is 11.0 Å². The second-order valence-electron chi connectivity index (χ2n) is 9.92. The lowest BCUT2D eigenvalue weighted by atomic mass is 9.69. The lowest BCUT2D eigenvalue weighted by molar-refractivity contribution is -0.137. The maximum absolute atomic E-state index is 13.7. The van der Waals surface area contributed by atoms with Gasteiger partial charge in [-0.3, -0.25) is 4.79 Å². The Morgan fingerprint density at radius 3 is 2.21 bits per heavy atom. The molecule has 2 atom stereocenters. The summed E-state index contributed by atoms with van der Waals surface area (Å²) in [6, 6.07) is 28.7. The molecule has 0 heterocycles. The number of halogens is 3. The quantitative estimate of drug-likeness (QED) is 0.226. The van der Waals surface area contributed by atoms with E-state index in [-0.39, 0.29) is 18.1 Å². The lowest BCUT2D eigenvalue weighted by Gasteiger charge is -2.33. The highest BCUT2D eigenvalue weighted by Gasteiger charge is 2.38. The van der Waals surface area contributed by atoms with E-state index in [1.54, 1.807) is 18.2 Å². The van der Waals surface area contributed by atoms with Crippen LogP contribution < -0.4 is 0 Å². The van der Waals surface area contributed by atoms with E-state index in [1.165, 1.54) is 6.07 Å².